The molecule has 2 aromatic rings. The Hall–Kier alpha value is -1.69. The van der Waals surface area contributed by atoms with Crippen LogP contribution < -0.4 is 0 Å². The van der Waals surface area contributed by atoms with Gasteiger partial charge in [-0.1, -0.05) is 28.1 Å². The molecule has 0 atom stereocenters. The summed E-state index contributed by atoms with van der Waals surface area (Å²) in [5.41, 5.74) is 1.42. The molecule has 1 aliphatic carbocycles. The van der Waals surface area contributed by atoms with Gasteiger partial charge in [-0.2, -0.15) is 0 Å². The molecule has 1 amide bonds. The lowest BCUT2D eigenvalue weighted by molar-refractivity contribution is -0.154. The molecule has 1 aromatic carbocycles. The van der Waals surface area contributed by atoms with Crippen LogP contribution in [-0.4, -0.2) is 38.7 Å². The van der Waals surface area contributed by atoms with E-state index in [1.165, 1.54) is 5.56 Å². The summed E-state index contributed by atoms with van der Waals surface area (Å²) in [6, 6.07) is 8.48. The smallest absolute Gasteiger partial charge is 0.219 e. The second kappa shape index (κ2) is 4.90. The Morgan fingerprint density at radius 2 is 2.04 bits per heavy atom. The molecule has 1 aliphatic heterocycles. The van der Waals surface area contributed by atoms with E-state index in [2.05, 4.69) is 44.3 Å². The zero-order valence-corrected chi connectivity index (χ0v) is 14.9. The van der Waals surface area contributed by atoms with Crippen LogP contribution in [0.4, 0.5) is 0 Å². The molecule has 1 aromatic heterocycles. The SMILES string of the molecule is CC(=O)N1CC2(C1)CC(c1cccc(Br)c1)(c1nncn1C)C2. The summed E-state index contributed by atoms with van der Waals surface area (Å²) in [7, 11) is 2.00. The van der Waals surface area contributed by atoms with Gasteiger partial charge in [0.25, 0.3) is 0 Å². The zero-order valence-electron chi connectivity index (χ0n) is 13.3. The number of carbonyl (C=O) groups excluding carboxylic acids is 1. The van der Waals surface area contributed by atoms with E-state index in [9.17, 15) is 4.79 Å². The number of likely N-dealkylation sites (tertiary alicyclic amines) is 1. The van der Waals surface area contributed by atoms with Crippen molar-refractivity contribution in [2.45, 2.75) is 25.2 Å². The predicted octanol–water partition coefficient (Wildman–Crippen LogP) is 2.51. The number of nitrogens with zero attached hydrogens (tertiary/aromatic N) is 4. The van der Waals surface area contributed by atoms with E-state index >= 15 is 0 Å². The highest BCUT2D eigenvalue weighted by molar-refractivity contribution is 9.10. The first-order valence-corrected chi connectivity index (χ1v) is 8.60. The number of benzene rings is 1. The van der Waals surface area contributed by atoms with Crippen LogP contribution in [0.3, 0.4) is 0 Å². The van der Waals surface area contributed by atoms with Crippen LogP contribution >= 0.6 is 15.9 Å². The molecule has 120 valence electrons. The van der Waals surface area contributed by atoms with Gasteiger partial charge in [0.15, 0.2) is 0 Å². The van der Waals surface area contributed by atoms with Gasteiger partial charge in [0, 0.05) is 36.9 Å². The maximum absolute atomic E-state index is 11.5. The van der Waals surface area contributed by atoms with E-state index in [4.69, 9.17) is 0 Å². The molecule has 1 spiro atoms. The predicted molar refractivity (Wildman–Crippen MR) is 89.8 cm³/mol. The average Bonchev–Trinajstić information content (AvgIpc) is 2.83. The Bertz CT molecular complexity index is 770. The minimum absolute atomic E-state index is 0.0993. The van der Waals surface area contributed by atoms with E-state index in [-0.39, 0.29) is 16.7 Å². The normalized spacial score (nSPS) is 20.9. The fourth-order valence-electron chi connectivity index (χ4n) is 4.43. The van der Waals surface area contributed by atoms with Crippen LogP contribution in [0.2, 0.25) is 0 Å². The van der Waals surface area contributed by atoms with Gasteiger partial charge in [-0.3, -0.25) is 4.79 Å². The van der Waals surface area contributed by atoms with Crippen molar-refractivity contribution in [2.24, 2.45) is 12.5 Å². The van der Waals surface area contributed by atoms with E-state index < -0.39 is 0 Å². The fraction of sp³-hybridized carbons (Fsp3) is 0.471. The van der Waals surface area contributed by atoms with Crippen LogP contribution in [0, 0.1) is 5.41 Å². The first kappa shape index (κ1) is 14.9. The molecular weight excluding hydrogens is 356 g/mol. The van der Waals surface area contributed by atoms with Crippen molar-refractivity contribution in [1.29, 1.82) is 0 Å². The molecule has 0 bridgehead atoms. The second-order valence-electron chi connectivity index (χ2n) is 7.09. The van der Waals surface area contributed by atoms with Crippen molar-refractivity contribution in [3.8, 4) is 0 Å². The number of carbonyl (C=O) groups is 1. The summed E-state index contributed by atoms with van der Waals surface area (Å²) in [6.45, 7) is 3.39. The molecule has 5 nitrogen and oxygen atoms in total. The van der Waals surface area contributed by atoms with E-state index in [1.807, 2.05) is 22.6 Å². The molecule has 2 fully saturated rings. The van der Waals surface area contributed by atoms with Gasteiger partial charge in [0.1, 0.15) is 12.2 Å². The van der Waals surface area contributed by atoms with Gasteiger partial charge >= 0.3 is 0 Å². The van der Waals surface area contributed by atoms with Crippen LogP contribution in [0.1, 0.15) is 31.2 Å². The molecule has 1 saturated carbocycles. The molecule has 2 aliphatic rings. The number of hydrogen-bond acceptors (Lipinski definition) is 3. The standard InChI is InChI=1S/C17H19BrN4O/c1-12(23)22-9-16(10-22)7-17(8-16,15-20-19-11-21(15)2)13-4-3-5-14(18)6-13/h3-6,11H,7-10H2,1-2H3. The summed E-state index contributed by atoms with van der Waals surface area (Å²) in [6.07, 6.45) is 3.81. The molecule has 0 radical (unpaired) electrons. The molecule has 23 heavy (non-hydrogen) atoms. The number of halogens is 1. The fourth-order valence-corrected chi connectivity index (χ4v) is 4.83. The summed E-state index contributed by atoms with van der Waals surface area (Å²) in [5, 5.41) is 8.50. The van der Waals surface area contributed by atoms with E-state index in [0.717, 1.165) is 36.2 Å². The highest BCUT2D eigenvalue weighted by Gasteiger charge is 2.63. The Morgan fingerprint density at radius 3 is 2.61 bits per heavy atom. The monoisotopic (exact) mass is 374 g/mol. The van der Waals surface area contributed by atoms with Gasteiger partial charge in [-0.05, 0) is 30.5 Å². The second-order valence-corrected chi connectivity index (χ2v) is 8.00. The lowest BCUT2D eigenvalue weighted by atomic mass is 9.47. The number of amides is 1. The number of aryl methyl sites for hydroxylation is 1. The summed E-state index contributed by atoms with van der Waals surface area (Å²) in [5.74, 6) is 1.19. The Morgan fingerprint density at radius 1 is 1.30 bits per heavy atom. The molecule has 0 unspecified atom stereocenters. The van der Waals surface area contributed by atoms with Crippen LogP contribution in [-0.2, 0) is 17.3 Å². The van der Waals surface area contributed by atoms with E-state index in [1.54, 1.807) is 13.3 Å². The van der Waals surface area contributed by atoms with Crippen molar-refractivity contribution in [1.82, 2.24) is 19.7 Å². The Labute approximate surface area is 143 Å². The van der Waals surface area contributed by atoms with Crippen molar-refractivity contribution in [3.05, 3.63) is 46.5 Å². The van der Waals surface area contributed by atoms with Gasteiger partial charge in [-0.25, -0.2) is 0 Å². The largest absolute Gasteiger partial charge is 0.342 e. The summed E-state index contributed by atoms with van der Waals surface area (Å²) >= 11 is 3.58. The molecule has 6 heteroatoms. The minimum atomic E-state index is -0.0993. The minimum Gasteiger partial charge on any atom is -0.342 e. The van der Waals surface area contributed by atoms with Crippen molar-refractivity contribution >= 4 is 21.8 Å². The quantitative estimate of drug-likeness (QED) is 0.811. The average molecular weight is 375 g/mol. The Kier molecular flexibility index (Phi) is 3.17. The van der Waals surface area contributed by atoms with E-state index in [0.29, 0.717) is 0 Å². The molecule has 2 heterocycles. The maximum atomic E-state index is 11.5. The van der Waals surface area contributed by atoms with Crippen molar-refractivity contribution in [3.63, 3.8) is 0 Å². The lowest BCUT2D eigenvalue weighted by Gasteiger charge is -2.63. The van der Waals surface area contributed by atoms with Gasteiger partial charge < -0.3 is 9.47 Å². The number of hydrogen-bond donors (Lipinski definition) is 0. The summed E-state index contributed by atoms with van der Waals surface area (Å²) in [4.78, 5) is 13.4. The van der Waals surface area contributed by atoms with Gasteiger partial charge in [0.05, 0.1) is 5.41 Å². The zero-order chi connectivity index (χ0) is 16.2. The third kappa shape index (κ3) is 2.15. The highest BCUT2D eigenvalue weighted by atomic mass is 79.9. The maximum Gasteiger partial charge on any atom is 0.219 e. The molecule has 0 N–H and O–H groups in total. The third-order valence-corrected chi connectivity index (χ3v) is 5.86. The van der Waals surface area contributed by atoms with Crippen molar-refractivity contribution in [2.75, 3.05) is 13.1 Å². The summed E-state index contributed by atoms with van der Waals surface area (Å²) < 4.78 is 3.10. The Balaban J connectivity index is 1.69. The van der Waals surface area contributed by atoms with Crippen LogP contribution in [0.5, 0.6) is 0 Å². The van der Waals surface area contributed by atoms with Crippen LogP contribution in [0.15, 0.2) is 35.1 Å². The molecule has 4 rings (SSSR count). The van der Waals surface area contributed by atoms with Gasteiger partial charge in [-0.15, -0.1) is 10.2 Å². The topological polar surface area (TPSA) is 51.0 Å². The number of aromatic nitrogens is 3. The first-order valence-electron chi connectivity index (χ1n) is 7.80. The lowest BCUT2D eigenvalue weighted by Crippen LogP contribution is -2.68. The van der Waals surface area contributed by atoms with Gasteiger partial charge in [0.2, 0.25) is 5.91 Å². The molecule has 1 saturated heterocycles. The van der Waals surface area contributed by atoms with Crippen molar-refractivity contribution < 1.29 is 4.79 Å². The first-order chi connectivity index (χ1) is 10.9. The molecular formula is C17H19BrN4O. The highest BCUT2D eigenvalue weighted by Crippen LogP contribution is 2.62. The third-order valence-electron chi connectivity index (χ3n) is 5.37. The number of rotatable bonds is 2. The van der Waals surface area contributed by atoms with Crippen LogP contribution in [0.25, 0.3) is 0 Å².